The highest BCUT2D eigenvalue weighted by molar-refractivity contribution is 4.54. The van der Waals surface area contributed by atoms with Gasteiger partial charge in [-0.1, -0.05) is 0 Å². The third kappa shape index (κ3) is 1.12. The molecule has 42 valence electrons. The highest BCUT2D eigenvalue weighted by Crippen LogP contribution is 1.95. The van der Waals surface area contributed by atoms with E-state index in [9.17, 15) is 0 Å². The summed E-state index contributed by atoms with van der Waals surface area (Å²) in [6.07, 6.45) is 0.324. The minimum Gasteiger partial charge on any atom is -0.343 e. The van der Waals surface area contributed by atoms with Gasteiger partial charge in [0, 0.05) is 0 Å². The van der Waals surface area contributed by atoms with Crippen molar-refractivity contribution in [2.24, 2.45) is 0 Å². The van der Waals surface area contributed by atoms with Crippen LogP contribution < -0.4 is 10.9 Å². The molecule has 2 N–H and O–H groups in total. The quantitative estimate of drug-likeness (QED) is 0.444. The molecule has 2 unspecified atom stereocenters. The largest absolute Gasteiger partial charge is 0.343 e. The summed E-state index contributed by atoms with van der Waals surface area (Å²) >= 11 is 0. The topological polar surface area (TPSA) is 33.3 Å². The number of ether oxygens (including phenoxy) is 1. The van der Waals surface area contributed by atoms with E-state index in [1.807, 2.05) is 13.8 Å². The molecule has 0 aromatic rings. The lowest BCUT2D eigenvalue weighted by atomic mass is 10.7. The van der Waals surface area contributed by atoms with E-state index in [4.69, 9.17) is 4.74 Å². The van der Waals surface area contributed by atoms with E-state index in [-0.39, 0.29) is 12.5 Å². The van der Waals surface area contributed by atoms with Crippen molar-refractivity contribution in [3.05, 3.63) is 0 Å². The van der Waals surface area contributed by atoms with Gasteiger partial charge in [-0.3, -0.25) is 0 Å². The Hall–Kier alpha value is -0.120. The molecule has 0 bridgehead atoms. The molecule has 1 fully saturated rings. The van der Waals surface area contributed by atoms with Crippen molar-refractivity contribution in [3.8, 4) is 0 Å². The average molecular weight is 102 g/mol. The Labute approximate surface area is 43.0 Å². The number of nitrogens with one attached hydrogen (secondary N) is 2. The van der Waals surface area contributed by atoms with Gasteiger partial charge in [0.05, 0.1) is 0 Å². The summed E-state index contributed by atoms with van der Waals surface area (Å²) in [4.78, 5) is 0. The van der Waals surface area contributed by atoms with Crippen LogP contribution in [0.4, 0.5) is 0 Å². The van der Waals surface area contributed by atoms with E-state index in [2.05, 4.69) is 10.9 Å². The van der Waals surface area contributed by atoms with E-state index < -0.39 is 0 Å². The van der Waals surface area contributed by atoms with Crippen LogP contribution in [0.2, 0.25) is 0 Å². The summed E-state index contributed by atoms with van der Waals surface area (Å²) in [6, 6.07) is 0. The fourth-order valence-corrected chi connectivity index (χ4v) is 0.609. The van der Waals surface area contributed by atoms with Gasteiger partial charge in [0.2, 0.25) is 0 Å². The van der Waals surface area contributed by atoms with Crippen LogP contribution in [0.5, 0.6) is 0 Å². The van der Waals surface area contributed by atoms with E-state index in [1.165, 1.54) is 0 Å². The van der Waals surface area contributed by atoms with Crippen LogP contribution in [0.3, 0.4) is 0 Å². The zero-order chi connectivity index (χ0) is 5.28. The Kier molecular flexibility index (Phi) is 1.27. The maximum absolute atomic E-state index is 5.14. The Morgan fingerprint density at radius 1 is 1.14 bits per heavy atom. The van der Waals surface area contributed by atoms with E-state index in [0.29, 0.717) is 0 Å². The molecule has 0 aromatic carbocycles. The second kappa shape index (κ2) is 1.78. The van der Waals surface area contributed by atoms with E-state index in [1.54, 1.807) is 0 Å². The van der Waals surface area contributed by atoms with Crippen LogP contribution in [0, 0.1) is 0 Å². The third-order valence-electron chi connectivity index (χ3n) is 0.898. The maximum Gasteiger partial charge on any atom is 0.119 e. The third-order valence-corrected chi connectivity index (χ3v) is 0.898. The molecule has 1 saturated heterocycles. The van der Waals surface area contributed by atoms with Crippen LogP contribution in [0.15, 0.2) is 0 Å². The molecule has 1 rings (SSSR count). The predicted molar refractivity (Wildman–Crippen MR) is 26.3 cm³/mol. The standard InChI is InChI=1S/C4H10N2O/c1-3-5-6-4(2)7-3/h3-6H,1-2H3. The molecule has 0 amide bonds. The molecule has 1 heterocycles. The summed E-state index contributed by atoms with van der Waals surface area (Å²) in [5.41, 5.74) is 5.79. The lowest BCUT2D eigenvalue weighted by Gasteiger charge is -1.98. The van der Waals surface area contributed by atoms with Crippen molar-refractivity contribution in [2.45, 2.75) is 26.3 Å². The second-order valence-electron chi connectivity index (χ2n) is 1.71. The number of hydrazine groups is 1. The van der Waals surface area contributed by atoms with Gasteiger partial charge < -0.3 is 4.74 Å². The zero-order valence-electron chi connectivity index (χ0n) is 4.56. The Balaban J connectivity index is 2.26. The predicted octanol–water partition coefficient (Wildman–Crippen LogP) is -0.197. The summed E-state index contributed by atoms with van der Waals surface area (Å²) in [5, 5.41) is 0. The van der Waals surface area contributed by atoms with Gasteiger partial charge in [-0.2, -0.15) is 0 Å². The summed E-state index contributed by atoms with van der Waals surface area (Å²) in [5.74, 6) is 0. The highest BCUT2D eigenvalue weighted by Gasteiger charge is 2.13. The van der Waals surface area contributed by atoms with Crippen LogP contribution >= 0.6 is 0 Å². The smallest absolute Gasteiger partial charge is 0.119 e. The summed E-state index contributed by atoms with van der Waals surface area (Å²) in [7, 11) is 0. The van der Waals surface area contributed by atoms with Crippen LogP contribution in [-0.2, 0) is 4.74 Å². The zero-order valence-corrected chi connectivity index (χ0v) is 4.56. The van der Waals surface area contributed by atoms with E-state index >= 15 is 0 Å². The first kappa shape index (κ1) is 5.03. The van der Waals surface area contributed by atoms with Crippen molar-refractivity contribution >= 4 is 0 Å². The van der Waals surface area contributed by atoms with Crippen molar-refractivity contribution in [1.82, 2.24) is 10.9 Å². The first-order valence-corrected chi connectivity index (χ1v) is 2.45. The van der Waals surface area contributed by atoms with Crippen LogP contribution in [0.25, 0.3) is 0 Å². The number of rotatable bonds is 0. The van der Waals surface area contributed by atoms with Gasteiger partial charge in [-0.25, -0.2) is 10.9 Å². The highest BCUT2D eigenvalue weighted by atomic mass is 16.5. The molecule has 0 radical (unpaired) electrons. The molecule has 7 heavy (non-hydrogen) atoms. The van der Waals surface area contributed by atoms with Crippen molar-refractivity contribution in [2.75, 3.05) is 0 Å². The molecule has 2 atom stereocenters. The fraction of sp³-hybridized carbons (Fsp3) is 1.00. The van der Waals surface area contributed by atoms with E-state index in [0.717, 1.165) is 0 Å². The van der Waals surface area contributed by atoms with Gasteiger partial charge in [0.25, 0.3) is 0 Å². The normalized spacial score (nSPS) is 42.0. The van der Waals surface area contributed by atoms with Gasteiger partial charge in [-0.05, 0) is 13.8 Å². The van der Waals surface area contributed by atoms with Gasteiger partial charge in [0.1, 0.15) is 12.5 Å². The van der Waals surface area contributed by atoms with Crippen LogP contribution in [0.1, 0.15) is 13.8 Å². The lowest BCUT2D eigenvalue weighted by Crippen LogP contribution is -2.30. The van der Waals surface area contributed by atoms with Crippen molar-refractivity contribution in [3.63, 3.8) is 0 Å². The molecule has 3 nitrogen and oxygen atoms in total. The Morgan fingerprint density at radius 2 is 1.57 bits per heavy atom. The molecule has 1 aliphatic rings. The minimum absolute atomic E-state index is 0.162. The molecular weight excluding hydrogens is 92.1 g/mol. The lowest BCUT2D eigenvalue weighted by molar-refractivity contribution is 0.0576. The maximum atomic E-state index is 5.14. The summed E-state index contributed by atoms with van der Waals surface area (Å²) in [6.45, 7) is 3.91. The van der Waals surface area contributed by atoms with Gasteiger partial charge in [0.15, 0.2) is 0 Å². The molecule has 1 aliphatic heterocycles. The SMILES string of the molecule is CC1NNC(C)O1. The second-order valence-corrected chi connectivity index (χ2v) is 1.71. The molecule has 0 spiro atoms. The van der Waals surface area contributed by atoms with Gasteiger partial charge in [-0.15, -0.1) is 0 Å². The first-order chi connectivity index (χ1) is 3.29. The Morgan fingerprint density at radius 3 is 1.71 bits per heavy atom. The molecule has 0 aliphatic carbocycles. The first-order valence-electron chi connectivity index (χ1n) is 2.45. The molecule has 0 saturated carbocycles. The van der Waals surface area contributed by atoms with Crippen LogP contribution in [-0.4, -0.2) is 12.5 Å². The molecule has 3 heteroatoms. The average Bonchev–Trinajstić information content (AvgIpc) is 1.87. The van der Waals surface area contributed by atoms with Crippen molar-refractivity contribution < 1.29 is 4.74 Å². The van der Waals surface area contributed by atoms with Crippen molar-refractivity contribution in [1.29, 1.82) is 0 Å². The number of hydrogen-bond donors (Lipinski definition) is 2. The number of hydrogen-bond acceptors (Lipinski definition) is 3. The van der Waals surface area contributed by atoms with Gasteiger partial charge >= 0.3 is 0 Å². The Bertz CT molecular complexity index is 58.7. The monoisotopic (exact) mass is 102 g/mol. The summed E-state index contributed by atoms with van der Waals surface area (Å²) < 4.78 is 5.14. The molecule has 0 aromatic heterocycles. The fourth-order valence-electron chi connectivity index (χ4n) is 0.609. The molecular formula is C4H10N2O. The minimum atomic E-state index is 0.162.